The summed E-state index contributed by atoms with van der Waals surface area (Å²) < 4.78 is 0. The molecule has 0 radical (unpaired) electrons. The first-order valence-electron chi connectivity index (χ1n) is 9.42. The summed E-state index contributed by atoms with van der Waals surface area (Å²) in [6, 6.07) is -5.81. The third-order valence-electron chi connectivity index (χ3n) is 4.15. The van der Waals surface area contributed by atoms with Crippen molar-refractivity contribution in [1.82, 2.24) is 16.0 Å². The standard InChI is InChI=1S/C17H28N4O10S/c1-7(22)13(16(29)20-10(6-32)17(30)31)21-15(28)9(3-5-12(25)26)19-14(27)8(18)2-4-11(23)24/h7-10,13,22,32H,2-6,18H2,1H3,(H,19,27)(H,20,29)(H,21,28)(H,23,24)(H,25,26)(H,30,31). The number of carbonyl (C=O) groups excluding carboxylic acids is 3. The molecular weight excluding hydrogens is 452 g/mol. The Morgan fingerprint density at radius 2 is 1.31 bits per heavy atom. The molecule has 0 saturated carbocycles. The van der Waals surface area contributed by atoms with Crippen LogP contribution < -0.4 is 21.7 Å². The lowest BCUT2D eigenvalue weighted by molar-refractivity contribution is -0.142. The second kappa shape index (κ2) is 14.2. The van der Waals surface area contributed by atoms with E-state index in [0.29, 0.717) is 0 Å². The SMILES string of the molecule is CC(O)C(NC(=O)C(CCC(=O)O)NC(=O)C(N)CCC(=O)O)C(=O)NC(CS)C(=O)O. The maximum Gasteiger partial charge on any atom is 0.327 e. The summed E-state index contributed by atoms with van der Waals surface area (Å²) in [5.74, 6) is -7.15. The molecule has 0 aromatic heterocycles. The van der Waals surface area contributed by atoms with Gasteiger partial charge in [0.2, 0.25) is 17.7 Å². The van der Waals surface area contributed by atoms with Crippen molar-refractivity contribution in [2.45, 2.75) is 62.9 Å². The predicted octanol–water partition coefficient (Wildman–Crippen LogP) is -3.11. The van der Waals surface area contributed by atoms with Gasteiger partial charge in [-0.2, -0.15) is 12.6 Å². The van der Waals surface area contributed by atoms with Gasteiger partial charge in [0, 0.05) is 18.6 Å². The van der Waals surface area contributed by atoms with Crippen LogP contribution in [0.4, 0.5) is 0 Å². The minimum absolute atomic E-state index is 0.243. The Hall–Kier alpha value is -2.91. The van der Waals surface area contributed by atoms with Gasteiger partial charge in [-0.3, -0.25) is 24.0 Å². The Balaban J connectivity index is 5.38. The monoisotopic (exact) mass is 480 g/mol. The number of carboxylic acid groups (broad SMARTS) is 3. The quantitative estimate of drug-likeness (QED) is 0.106. The van der Waals surface area contributed by atoms with Gasteiger partial charge in [-0.1, -0.05) is 0 Å². The molecule has 0 aliphatic rings. The van der Waals surface area contributed by atoms with E-state index in [0.717, 1.165) is 6.92 Å². The second-order valence-corrected chi connectivity index (χ2v) is 7.21. The number of aliphatic hydroxyl groups is 1. The molecule has 9 N–H and O–H groups in total. The number of nitrogens with two attached hydrogens (primary N) is 1. The summed E-state index contributed by atoms with van der Waals surface area (Å²) in [6.07, 6.45) is -3.09. The molecule has 0 aromatic rings. The highest BCUT2D eigenvalue weighted by Crippen LogP contribution is 2.04. The number of hydrogen-bond acceptors (Lipinski definition) is 9. The molecule has 0 heterocycles. The van der Waals surface area contributed by atoms with Crippen LogP contribution in [0.5, 0.6) is 0 Å². The molecule has 0 aliphatic heterocycles. The van der Waals surface area contributed by atoms with Gasteiger partial charge in [0.1, 0.15) is 18.1 Å². The minimum Gasteiger partial charge on any atom is -0.481 e. The molecule has 3 amide bonds. The highest BCUT2D eigenvalue weighted by Gasteiger charge is 2.32. The lowest BCUT2D eigenvalue weighted by atomic mass is 10.1. The fraction of sp³-hybridized carbons (Fsp3) is 0.647. The first-order chi connectivity index (χ1) is 14.8. The van der Waals surface area contributed by atoms with E-state index in [2.05, 4.69) is 28.6 Å². The second-order valence-electron chi connectivity index (χ2n) is 6.84. The van der Waals surface area contributed by atoms with Crippen molar-refractivity contribution in [2.75, 3.05) is 5.75 Å². The summed E-state index contributed by atoms with van der Waals surface area (Å²) in [5.41, 5.74) is 5.58. The molecule has 5 unspecified atom stereocenters. The Morgan fingerprint density at radius 3 is 1.75 bits per heavy atom. The van der Waals surface area contributed by atoms with Gasteiger partial charge in [0.25, 0.3) is 0 Å². The zero-order valence-corrected chi connectivity index (χ0v) is 18.1. The summed E-state index contributed by atoms with van der Waals surface area (Å²) >= 11 is 3.79. The van der Waals surface area contributed by atoms with Crippen LogP contribution in [-0.2, 0) is 28.8 Å². The van der Waals surface area contributed by atoms with Crippen LogP contribution in [0.3, 0.4) is 0 Å². The van der Waals surface area contributed by atoms with Gasteiger partial charge in [0.05, 0.1) is 12.1 Å². The van der Waals surface area contributed by atoms with Crippen molar-refractivity contribution in [3.05, 3.63) is 0 Å². The van der Waals surface area contributed by atoms with Gasteiger partial charge in [-0.15, -0.1) is 0 Å². The Morgan fingerprint density at radius 1 is 0.812 bits per heavy atom. The van der Waals surface area contributed by atoms with Gasteiger partial charge in [0.15, 0.2) is 0 Å². The zero-order chi connectivity index (χ0) is 25.0. The lowest BCUT2D eigenvalue weighted by Gasteiger charge is -2.26. The number of amides is 3. The molecule has 14 nitrogen and oxygen atoms in total. The largest absolute Gasteiger partial charge is 0.481 e. The van der Waals surface area contributed by atoms with E-state index in [9.17, 15) is 33.9 Å². The number of rotatable bonds is 15. The van der Waals surface area contributed by atoms with Crippen LogP contribution in [0.15, 0.2) is 0 Å². The van der Waals surface area contributed by atoms with Crippen molar-refractivity contribution in [3.8, 4) is 0 Å². The van der Waals surface area contributed by atoms with E-state index >= 15 is 0 Å². The molecule has 0 spiro atoms. The Labute approximate surface area is 188 Å². The van der Waals surface area contributed by atoms with Gasteiger partial charge < -0.3 is 42.1 Å². The fourth-order valence-electron chi connectivity index (χ4n) is 2.33. The van der Waals surface area contributed by atoms with E-state index < -0.39 is 85.2 Å². The molecule has 5 atom stereocenters. The molecule has 0 rings (SSSR count). The average Bonchev–Trinajstić information content (AvgIpc) is 2.69. The number of nitrogens with one attached hydrogen (secondary N) is 3. The van der Waals surface area contributed by atoms with E-state index in [1.807, 2.05) is 0 Å². The first-order valence-corrected chi connectivity index (χ1v) is 10.0. The minimum atomic E-state index is -1.63. The molecule has 15 heteroatoms. The lowest BCUT2D eigenvalue weighted by Crippen LogP contribution is -2.60. The smallest absolute Gasteiger partial charge is 0.327 e. The Bertz CT molecular complexity index is 717. The van der Waals surface area contributed by atoms with Crippen molar-refractivity contribution >= 4 is 48.3 Å². The Kier molecular flexibility index (Phi) is 12.9. The van der Waals surface area contributed by atoms with Crippen LogP contribution in [-0.4, -0.2) is 92.1 Å². The highest BCUT2D eigenvalue weighted by molar-refractivity contribution is 7.80. The van der Waals surface area contributed by atoms with Crippen molar-refractivity contribution in [3.63, 3.8) is 0 Å². The molecule has 0 bridgehead atoms. The van der Waals surface area contributed by atoms with Crippen LogP contribution in [0, 0.1) is 0 Å². The molecule has 0 saturated heterocycles. The highest BCUT2D eigenvalue weighted by atomic mass is 32.1. The molecule has 0 fully saturated rings. The van der Waals surface area contributed by atoms with Gasteiger partial charge in [-0.25, -0.2) is 4.79 Å². The van der Waals surface area contributed by atoms with Crippen LogP contribution in [0.1, 0.15) is 32.6 Å². The van der Waals surface area contributed by atoms with Crippen LogP contribution in [0.2, 0.25) is 0 Å². The normalized spacial score (nSPS) is 15.4. The number of thiol groups is 1. The summed E-state index contributed by atoms with van der Waals surface area (Å²) in [7, 11) is 0. The van der Waals surface area contributed by atoms with Gasteiger partial charge >= 0.3 is 17.9 Å². The van der Waals surface area contributed by atoms with E-state index in [1.165, 1.54) is 0 Å². The van der Waals surface area contributed by atoms with Crippen molar-refractivity contribution in [1.29, 1.82) is 0 Å². The van der Waals surface area contributed by atoms with Crippen LogP contribution >= 0.6 is 12.6 Å². The van der Waals surface area contributed by atoms with Gasteiger partial charge in [-0.05, 0) is 19.8 Å². The number of carboxylic acids is 3. The predicted molar refractivity (Wildman–Crippen MR) is 111 cm³/mol. The van der Waals surface area contributed by atoms with E-state index in [4.69, 9.17) is 21.1 Å². The average molecular weight is 480 g/mol. The third-order valence-corrected chi connectivity index (χ3v) is 4.51. The topological polar surface area (TPSA) is 245 Å². The number of carbonyl (C=O) groups is 6. The molecule has 0 aliphatic carbocycles. The molecule has 0 aromatic carbocycles. The fourth-order valence-corrected chi connectivity index (χ4v) is 2.58. The maximum absolute atomic E-state index is 12.6. The van der Waals surface area contributed by atoms with E-state index in [-0.39, 0.29) is 12.2 Å². The van der Waals surface area contributed by atoms with Crippen molar-refractivity contribution in [2.24, 2.45) is 5.73 Å². The number of aliphatic hydroxyl groups excluding tert-OH is 1. The summed E-state index contributed by atoms with van der Waals surface area (Å²) in [6.45, 7) is 1.15. The van der Waals surface area contributed by atoms with E-state index in [1.54, 1.807) is 0 Å². The molecular formula is C17H28N4O10S. The number of aliphatic carboxylic acids is 3. The molecule has 32 heavy (non-hydrogen) atoms. The first kappa shape index (κ1) is 29.1. The van der Waals surface area contributed by atoms with Crippen molar-refractivity contribution < 1.29 is 49.2 Å². The number of hydrogen-bond donors (Lipinski definition) is 9. The molecule has 182 valence electrons. The third kappa shape index (κ3) is 10.9. The summed E-state index contributed by atoms with van der Waals surface area (Å²) in [5, 5.41) is 42.8. The zero-order valence-electron chi connectivity index (χ0n) is 17.2. The summed E-state index contributed by atoms with van der Waals surface area (Å²) in [4.78, 5) is 69.6. The maximum atomic E-state index is 12.6. The van der Waals surface area contributed by atoms with Crippen LogP contribution in [0.25, 0.3) is 0 Å².